The van der Waals surface area contributed by atoms with E-state index in [1.807, 2.05) is 0 Å². The van der Waals surface area contributed by atoms with Crippen molar-refractivity contribution in [1.82, 2.24) is 34.3 Å². The lowest BCUT2D eigenvalue weighted by Crippen LogP contribution is -2.38. The summed E-state index contributed by atoms with van der Waals surface area (Å²) in [5.41, 5.74) is 5.76. The lowest BCUT2D eigenvalue weighted by molar-refractivity contribution is -0.0810. The van der Waals surface area contributed by atoms with Crippen LogP contribution in [-0.2, 0) is 20.8 Å². The average molecular weight is 478 g/mol. The van der Waals surface area contributed by atoms with Gasteiger partial charge in [0, 0.05) is 6.42 Å². The Kier molecular flexibility index (Phi) is 4.92. The van der Waals surface area contributed by atoms with E-state index in [1.54, 1.807) is 0 Å². The normalized spacial score (nSPS) is 35.8. The first-order chi connectivity index (χ1) is 16.3. The Morgan fingerprint density at radius 3 is 2.59 bits per heavy atom. The largest absolute Gasteiger partial charge is 0.388 e. The zero-order chi connectivity index (χ0) is 23.7. The van der Waals surface area contributed by atoms with Gasteiger partial charge in [-0.3, -0.25) is 9.36 Å². The van der Waals surface area contributed by atoms with Crippen molar-refractivity contribution in [3.8, 4) is 0 Å². The van der Waals surface area contributed by atoms with Crippen molar-refractivity contribution < 1.29 is 34.6 Å². The van der Waals surface area contributed by atoms with Crippen molar-refractivity contribution in [3.05, 3.63) is 28.6 Å². The topological polar surface area (TPSA) is 218 Å². The van der Waals surface area contributed by atoms with E-state index in [0.717, 1.165) is 9.47 Å². The summed E-state index contributed by atoms with van der Waals surface area (Å²) in [5, 5.41) is 50.0. The molecule has 0 unspecified atom stereocenters. The van der Waals surface area contributed by atoms with Crippen molar-refractivity contribution in [2.75, 3.05) is 12.3 Å². The lowest BCUT2D eigenvalue weighted by atomic mass is 10.00. The number of imidazole rings is 1. The van der Waals surface area contributed by atoms with Crippen LogP contribution in [0.5, 0.6) is 0 Å². The first-order valence-corrected chi connectivity index (χ1v) is 10.6. The summed E-state index contributed by atoms with van der Waals surface area (Å²) < 4.78 is 19.5. The van der Waals surface area contributed by atoms with Gasteiger partial charge in [-0.15, -0.1) is 5.10 Å². The number of aliphatic hydroxyl groups is 4. The van der Waals surface area contributed by atoms with Gasteiger partial charge >= 0.3 is 5.56 Å². The van der Waals surface area contributed by atoms with Crippen LogP contribution in [0.1, 0.15) is 18.3 Å². The molecule has 2 saturated heterocycles. The van der Waals surface area contributed by atoms with Gasteiger partial charge in [0.1, 0.15) is 42.5 Å². The number of anilines is 1. The second kappa shape index (κ2) is 7.77. The number of rotatable bonds is 0. The third kappa shape index (κ3) is 3.15. The van der Waals surface area contributed by atoms with Crippen LogP contribution < -0.4 is 11.3 Å². The smallest absolute Gasteiger partial charge is 0.302 e. The molecule has 7 rings (SSSR count). The summed E-state index contributed by atoms with van der Waals surface area (Å²) in [6.07, 6.45) is -6.63. The fourth-order valence-electron chi connectivity index (χ4n) is 4.64. The molecule has 182 valence electrons. The number of aromatic nitrogens is 7. The maximum Gasteiger partial charge on any atom is 0.302 e. The van der Waals surface area contributed by atoms with E-state index < -0.39 is 54.5 Å². The molecule has 3 aromatic rings. The van der Waals surface area contributed by atoms with Crippen LogP contribution in [0.25, 0.3) is 11.2 Å². The molecule has 10 bridgehead atoms. The highest BCUT2D eigenvalue weighted by molar-refractivity contribution is 5.73. The van der Waals surface area contributed by atoms with E-state index in [2.05, 4.69) is 20.3 Å². The minimum absolute atomic E-state index is 0.00232. The number of ether oxygens (including phenoxy) is 3. The van der Waals surface area contributed by atoms with Crippen LogP contribution in [0.3, 0.4) is 0 Å². The Morgan fingerprint density at radius 2 is 1.76 bits per heavy atom. The summed E-state index contributed by atoms with van der Waals surface area (Å²) in [7, 11) is 0. The predicted molar refractivity (Wildman–Crippen MR) is 108 cm³/mol. The summed E-state index contributed by atoms with van der Waals surface area (Å²) in [6.45, 7) is -0.0585. The van der Waals surface area contributed by atoms with E-state index in [4.69, 9.17) is 19.9 Å². The van der Waals surface area contributed by atoms with E-state index >= 15 is 0 Å². The lowest BCUT2D eigenvalue weighted by Gasteiger charge is -2.21. The highest BCUT2D eigenvalue weighted by atomic mass is 16.6. The summed E-state index contributed by atoms with van der Waals surface area (Å²) in [6, 6.07) is 0. The van der Waals surface area contributed by atoms with Gasteiger partial charge in [-0.25, -0.2) is 9.97 Å². The van der Waals surface area contributed by atoms with Gasteiger partial charge in [0.25, 0.3) is 0 Å². The molecule has 34 heavy (non-hydrogen) atoms. The molecule has 0 aliphatic carbocycles. The molecular weight excluding hydrogens is 456 g/mol. The number of nitrogens with two attached hydrogens (primary N) is 1. The van der Waals surface area contributed by atoms with Crippen LogP contribution in [0.15, 0.2) is 17.3 Å². The maximum absolute atomic E-state index is 13.1. The second-order valence-electron chi connectivity index (χ2n) is 8.53. The zero-order valence-electron chi connectivity index (χ0n) is 17.5. The molecule has 0 amide bonds. The van der Waals surface area contributed by atoms with Crippen LogP contribution in [-0.4, -0.2) is 104 Å². The second-order valence-corrected chi connectivity index (χ2v) is 8.53. The van der Waals surface area contributed by atoms with E-state index in [-0.39, 0.29) is 36.7 Å². The van der Waals surface area contributed by atoms with Crippen LogP contribution in [0.2, 0.25) is 0 Å². The molecular formula is C18H22N8O8. The van der Waals surface area contributed by atoms with Crippen molar-refractivity contribution in [3.63, 3.8) is 0 Å². The molecule has 0 radical (unpaired) electrons. The molecule has 4 aliphatic rings. The molecule has 3 aromatic heterocycles. The summed E-state index contributed by atoms with van der Waals surface area (Å²) in [4.78, 5) is 22.6. The zero-order valence-corrected chi connectivity index (χ0v) is 17.5. The molecule has 2 fully saturated rings. The van der Waals surface area contributed by atoms with Gasteiger partial charge in [-0.05, 0) is 5.21 Å². The molecule has 0 saturated carbocycles. The molecule has 7 heterocycles. The number of hydrogen-bond acceptors (Lipinski definition) is 13. The Balaban J connectivity index is 1.46. The van der Waals surface area contributed by atoms with Crippen molar-refractivity contribution in [1.29, 1.82) is 0 Å². The van der Waals surface area contributed by atoms with E-state index in [0.29, 0.717) is 5.69 Å². The van der Waals surface area contributed by atoms with Crippen LogP contribution in [0, 0.1) is 0 Å². The number of aliphatic hydroxyl groups excluding tert-OH is 4. The van der Waals surface area contributed by atoms with Crippen LogP contribution in [0.4, 0.5) is 5.95 Å². The highest BCUT2D eigenvalue weighted by Gasteiger charge is 2.50. The molecule has 8 atom stereocenters. The van der Waals surface area contributed by atoms with Gasteiger partial charge < -0.3 is 40.4 Å². The fourth-order valence-corrected chi connectivity index (χ4v) is 4.64. The van der Waals surface area contributed by atoms with Crippen molar-refractivity contribution in [2.45, 2.75) is 62.0 Å². The van der Waals surface area contributed by atoms with Gasteiger partial charge in [-0.1, -0.05) is 0 Å². The molecule has 16 nitrogen and oxygen atoms in total. The summed E-state index contributed by atoms with van der Waals surface area (Å²) in [5.74, 6) is -0.160. The van der Waals surface area contributed by atoms with Crippen molar-refractivity contribution in [2.24, 2.45) is 0 Å². The number of nitrogens with zero attached hydrogens (tertiary/aromatic N) is 7. The van der Waals surface area contributed by atoms with E-state index in [9.17, 15) is 25.2 Å². The van der Waals surface area contributed by atoms with E-state index in [1.165, 1.54) is 17.1 Å². The van der Waals surface area contributed by atoms with Gasteiger partial charge in [0.2, 0.25) is 5.95 Å². The molecule has 0 spiro atoms. The average Bonchev–Trinajstić information content (AvgIpc) is 3.54. The standard InChI is InChI=1S/C18H22N8O8/c19-18-21-10-15-20-5-24(16(10)31)25-2-6(22-23-25)3-32-4-9-13(29)11(27)7(33-9)1-8-12(28)14(30)17(34-8)26(15)18/h2,5,7-9,11-14,17,27-30H,1,3-4H2,(H2,19,21)/t7-,8+,9+,11-,12+,13+,14+,17+/m0/s1. The Labute approximate surface area is 189 Å². The first kappa shape index (κ1) is 21.5. The van der Waals surface area contributed by atoms with Gasteiger partial charge in [0.05, 0.1) is 31.6 Å². The number of nitrogen functional groups attached to an aromatic ring is 1. The maximum atomic E-state index is 13.1. The SMILES string of the molecule is Nc1nc2c(=O)n3cnc2n1[C@@H]1O[C@H](C[C@@H]2O[C@H](COCc4cn-3nn4)[C@@H](O)[C@H]2O)[C@@H](O)[C@H]1O. The Hall–Kier alpha value is -2.99. The third-order valence-electron chi connectivity index (χ3n) is 6.41. The van der Waals surface area contributed by atoms with Crippen molar-refractivity contribution >= 4 is 17.1 Å². The minimum atomic E-state index is -1.45. The molecule has 6 N–H and O–H groups in total. The van der Waals surface area contributed by atoms with Crippen LogP contribution >= 0.6 is 0 Å². The van der Waals surface area contributed by atoms with Gasteiger partial charge in [0.15, 0.2) is 17.4 Å². The molecule has 4 aliphatic heterocycles. The minimum Gasteiger partial charge on any atom is -0.388 e. The number of hydrogen-bond donors (Lipinski definition) is 5. The Bertz CT molecular complexity index is 1290. The molecule has 0 aromatic carbocycles. The summed E-state index contributed by atoms with van der Waals surface area (Å²) >= 11 is 0. The first-order valence-electron chi connectivity index (χ1n) is 10.6. The van der Waals surface area contributed by atoms with Gasteiger partial charge in [-0.2, -0.15) is 9.47 Å². The quantitative estimate of drug-likeness (QED) is 0.209. The monoisotopic (exact) mass is 478 g/mol. The third-order valence-corrected chi connectivity index (χ3v) is 6.41. The highest BCUT2D eigenvalue weighted by Crippen LogP contribution is 2.37. The Morgan fingerprint density at radius 1 is 1.03 bits per heavy atom. The predicted octanol–water partition coefficient (Wildman–Crippen LogP) is -3.89. The molecule has 16 heteroatoms. The fraction of sp³-hybridized carbons (Fsp3) is 0.611. The number of fused-ring (bicyclic) bond motifs is 3.